The summed E-state index contributed by atoms with van der Waals surface area (Å²) in [5, 5.41) is 4.76. The van der Waals surface area contributed by atoms with E-state index >= 15 is 0 Å². The molecule has 3 aliphatic heterocycles. The average molecular weight is 556 g/mol. The predicted molar refractivity (Wildman–Crippen MR) is 134 cm³/mol. The van der Waals surface area contributed by atoms with Crippen molar-refractivity contribution in [3.63, 3.8) is 0 Å². The van der Waals surface area contributed by atoms with Gasteiger partial charge in [-0.3, -0.25) is 4.90 Å². The van der Waals surface area contributed by atoms with E-state index < -0.39 is 29.8 Å². The van der Waals surface area contributed by atoms with E-state index in [9.17, 15) is 18.8 Å². The van der Waals surface area contributed by atoms with Gasteiger partial charge in [0.2, 0.25) is 6.79 Å². The molecule has 1 atom stereocenters. The lowest BCUT2D eigenvalue weighted by molar-refractivity contribution is -0.267. The van der Waals surface area contributed by atoms with Crippen molar-refractivity contribution in [2.75, 3.05) is 37.9 Å². The summed E-state index contributed by atoms with van der Waals surface area (Å²) in [6.45, 7) is 3.14. The molecule has 4 heterocycles. The molecule has 6 rings (SSSR count). The molecule has 0 bridgehead atoms. The van der Waals surface area contributed by atoms with Crippen LogP contribution in [0.2, 0.25) is 0 Å². The van der Waals surface area contributed by atoms with Gasteiger partial charge in [0, 0.05) is 43.1 Å². The topological polar surface area (TPSA) is 130 Å². The summed E-state index contributed by atoms with van der Waals surface area (Å²) >= 11 is 0. The van der Waals surface area contributed by atoms with Crippen LogP contribution in [-0.4, -0.2) is 67.0 Å². The molecule has 0 N–H and O–H groups in total. The van der Waals surface area contributed by atoms with E-state index in [1.54, 1.807) is 29.2 Å². The van der Waals surface area contributed by atoms with Gasteiger partial charge in [0.25, 0.3) is 0 Å². The van der Waals surface area contributed by atoms with Crippen LogP contribution in [0.1, 0.15) is 37.8 Å². The highest BCUT2D eigenvalue weighted by molar-refractivity contribution is 6.31. The molecule has 1 aromatic heterocycles. The van der Waals surface area contributed by atoms with Gasteiger partial charge in [-0.2, -0.15) is 0 Å². The van der Waals surface area contributed by atoms with Crippen molar-refractivity contribution < 1.29 is 47.0 Å². The van der Waals surface area contributed by atoms with E-state index in [1.165, 1.54) is 17.0 Å². The standard InChI is InChI=1S/C27H26FN3O9/c1-2-31(18-5-7-20-22(13-18)37-15-36-20)26(34)35-11-3-9-30-10-8-16(14-27(30)38-24(32)25(33)39-27)23-19-6-4-17(28)12-21(19)40-29-23/h4-7,12-13,16H,2-3,8-11,14-15H2,1H3. The summed E-state index contributed by atoms with van der Waals surface area (Å²) in [5.74, 6) is -3.32. The molecular weight excluding hydrogens is 529 g/mol. The molecule has 1 amide bonds. The third-order valence-electron chi connectivity index (χ3n) is 7.26. The van der Waals surface area contributed by atoms with Gasteiger partial charge < -0.3 is 28.2 Å². The predicted octanol–water partition coefficient (Wildman–Crippen LogP) is 3.68. The van der Waals surface area contributed by atoms with Crippen molar-refractivity contribution >= 4 is 34.7 Å². The molecule has 3 aromatic rings. The number of aromatic nitrogens is 1. The summed E-state index contributed by atoms with van der Waals surface area (Å²) in [6.07, 6.45) is 0.571. The number of hydrogen-bond donors (Lipinski definition) is 0. The maximum Gasteiger partial charge on any atom is 0.421 e. The summed E-state index contributed by atoms with van der Waals surface area (Å²) in [4.78, 5) is 40.2. The largest absolute Gasteiger partial charge is 0.454 e. The van der Waals surface area contributed by atoms with Crippen molar-refractivity contribution in [1.29, 1.82) is 0 Å². The zero-order chi connectivity index (χ0) is 27.9. The Morgan fingerprint density at radius 3 is 2.75 bits per heavy atom. The number of benzene rings is 2. The van der Waals surface area contributed by atoms with Crippen LogP contribution in [0.25, 0.3) is 11.0 Å². The molecule has 2 aromatic carbocycles. The average Bonchev–Trinajstić information content (AvgIpc) is 3.65. The molecule has 0 radical (unpaired) electrons. The lowest BCUT2D eigenvalue weighted by Crippen LogP contribution is -2.55. The summed E-state index contributed by atoms with van der Waals surface area (Å²) in [5.41, 5.74) is 1.49. The Kier molecular flexibility index (Phi) is 6.66. The van der Waals surface area contributed by atoms with Crippen molar-refractivity contribution in [2.45, 2.75) is 38.0 Å². The molecule has 12 nitrogen and oxygen atoms in total. The molecule has 2 saturated heterocycles. The van der Waals surface area contributed by atoms with Crippen LogP contribution in [0.4, 0.5) is 14.9 Å². The molecule has 40 heavy (non-hydrogen) atoms. The van der Waals surface area contributed by atoms with Gasteiger partial charge in [0.05, 0.1) is 24.4 Å². The van der Waals surface area contributed by atoms with Crippen LogP contribution in [0.3, 0.4) is 0 Å². The zero-order valence-electron chi connectivity index (χ0n) is 21.6. The Labute approximate surface area is 227 Å². The molecular formula is C27H26FN3O9. The van der Waals surface area contributed by atoms with Crippen LogP contribution in [-0.2, 0) is 23.8 Å². The third-order valence-corrected chi connectivity index (χ3v) is 7.26. The van der Waals surface area contributed by atoms with E-state index in [4.69, 9.17) is 28.2 Å². The van der Waals surface area contributed by atoms with Gasteiger partial charge >= 0.3 is 23.9 Å². The number of amides is 1. The fraction of sp³-hybridized carbons (Fsp3) is 0.407. The first kappa shape index (κ1) is 25.9. The third kappa shape index (κ3) is 4.66. The van der Waals surface area contributed by atoms with Gasteiger partial charge in [0.15, 0.2) is 17.1 Å². The summed E-state index contributed by atoms with van der Waals surface area (Å²) in [7, 11) is 0. The van der Waals surface area contributed by atoms with Gasteiger partial charge in [-0.1, -0.05) is 5.16 Å². The van der Waals surface area contributed by atoms with Gasteiger partial charge in [0.1, 0.15) is 5.82 Å². The summed E-state index contributed by atoms with van der Waals surface area (Å²) in [6, 6.07) is 9.36. The number of fused-ring (bicyclic) bond motifs is 2. The second-order valence-electron chi connectivity index (χ2n) is 9.63. The van der Waals surface area contributed by atoms with Crippen molar-refractivity contribution in [3.05, 3.63) is 47.9 Å². The van der Waals surface area contributed by atoms with Gasteiger partial charge in [-0.05, 0) is 44.0 Å². The molecule has 13 heteroatoms. The highest BCUT2D eigenvalue weighted by atomic mass is 19.1. The van der Waals surface area contributed by atoms with Crippen molar-refractivity contribution in [2.24, 2.45) is 0 Å². The number of ether oxygens (including phenoxy) is 5. The van der Waals surface area contributed by atoms with Crippen LogP contribution < -0.4 is 14.4 Å². The fourth-order valence-electron chi connectivity index (χ4n) is 5.33. The maximum absolute atomic E-state index is 13.6. The lowest BCUT2D eigenvalue weighted by Gasteiger charge is -2.43. The number of piperidine rings is 1. The number of anilines is 1. The van der Waals surface area contributed by atoms with E-state index in [0.717, 1.165) is 0 Å². The van der Waals surface area contributed by atoms with E-state index in [2.05, 4.69) is 5.16 Å². The number of carbonyl (C=O) groups is 3. The molecule has 1 spiro atoms. The monoisotopic (exact) mass is 555 g/mol. The van der Waals surface area contributed by atoms with E-state index in [0.29, 0.717) is 66.3 Å². The Balaban J connectivity index is 1.10. The van der Waals surface area contributed by atoms with Gasteiger partial charge in [-0.15, -0.1) is 0 Å². The van der Waals surface area contributed by atoms with Crippen LogP contribution in [0.5, 0.6) is 11.5 Å². The molecule has 210 valence electrons. The smallest absolute Gasteiger partial charge is 0.421 e. The maximum atomic E-state index is 13.6. The molecule has 0 saturated carbocycles. The highest BCUT2D eigenvalue weighted by Gasteiger charge is 2.56. The van der Waals surface area contributed by atoms with Crippen molar-refractivity contribution in [3.8, 4) is 11.5 Å². The minimum atomic E-state index is -1.62. The SMILES string of the molecule is CCN(C(=O)OCCCN1CCC(c2noc3cc(F)ccc23)CC12OC(=O)C(=O)O2)c1ccc2c(c1)OCO2. The molecule has 2 fully saturated rings. The number of rotatable bonds is 7. The Morgan fingerprint density at radius 2 is 1.95 bits per heavy atom. The Hall–Kier alpha value is -4.39. The van der Waals surface area contributed by atoms with E-state index in [1.807, 2.05) is 6.92 Å². The van der Waals surface area contributed by atoms with Crippen LogP contribution in [0, 0.1) is 5.82 Å². The highest BCUT2D eigenvalue weighted by Crippen LogP contribution is 2.43. The number of carbonyl (C=O) groups excluding carboxylic acids is 3. The van der Waals surface area contributed by atoms with E-state index in [-0.39, 0.29) is 25.7 Å². The first-order chi connectivity index (χ1) is 19.4. The number of hydrogen-bond acceptors (Lipinski definition) is 11. The number of halogens is 1. The Bertz CT molecular complexity index is 1460. The minimum Gasteiger partial charge on any atom is -0.454 e. The normalized spacial score (nSPS) is 19.6. The molecule has 3 aliphatic rings. The number of esters is 2. The van der Waals surface area contributed by atoms with Crippen molar-refractivity contribution in [1.82, 2.24) is 10.1 Å². The first-order valence-corrected chi connectivity index (χ1v) is 13.0. The Morgan fingerprint density at radius 1 is 1.15 bits per heavy atom. The number of likely N-dealkylation sites (tertiary alicyclic amines) is 1. The van der Waals surface area contributed by atoms with Gasteiger partial charge in [-0.25, -0.2) is 23.7 Å². The second-order valence-corrected chi connectivity index (χ2v) is 9.63. The molecule has 1 unspecified atom stereocenters. The quantitative estimate of drug-likeness (QED) is 0.240. The van der Waals surface area contributed by atoms with Crippen LogP contribution in [0.15, 0.2) is 40.9 Å². The first-order valence-electron chi connectivity index (χ1n) is 13.0. The number of nitrogens with zero attached hydrogens (tertiary/aromatic N) is 3. The fourth-order valence-corrected chi connectivity index (χ4v) is 5.33. The summed E-state index contributed by atoms with van der Waals surface area (Å²) < 4.78 is 46.1. The van der Waals surface area contributed by atoms with Crippen LogP contribution >= 0.6 is 0 Å². The lowest BCUT2D eigenvalue weighted by atomic mass is 9.89. The minimum absolute atomic E-state index is 0.0806. The zero-order valence-corrected chi connectivity index (χ0v) is 21.6. The molecule has 0 aliphatic carbocycles. The second kappa shape index (κ2) is 10.3.